The van der Waals surface area contributed by atoms with Crippen LogP contribution < -0.4 is 14.8 Å². The number of carbonyl (C=O) groups is 1. The lowest BCUT2D eigenvalue weighted by molar-refractivity contribution is -0.117. The Labute approximate surface area is 199 Å². The van der Waals surface area contributed by atoms with Crippen LogP contribution in [0.1, 0.15) is 35.2 Å². The van der Waals surface area contributed by atoms with Gasteiger partial charge in [0.15, 0.2) is 11.5 Å². The number of nitrogens with one attached hydrogen (secondary N) is 1. The number of hydrogen-bond donors (Lipinski definition) is 1. The maximum Gasteiger partial charge on any atom is 0.262 e. The lowest BCUT2D eigenvalue weighted by Gasteiger charge is -2.15. The molecule has 0 aliphatic rings. The smallest absolute Gasteiger partial charge is 0.262 e. The predicted molar refractivity (Wildman–Crippen MR) is 130 cm³/mol. The molecule has 1 atom stereocenters. The SMILES string of the molecule is COc1cc(/C=C(/C#N)C(=O)N[C@H](C)c2ccccc2)cc(Cl)c1OCc1ccc(C)cc1. The molecule has 0 saturated heterocycles. The summed E-state index contributed by atoms with van der Waals surface area (Å²) >= 11 is 6.46. The van der Waals surface area contributed by atoms with Crippen LogP contribution in [0.2, 0.25) is 5.02 Å². The Bertz CT molecular complexity index is 1180. The lowest BCUT2D eigenvalue weighted by atomic mass is 10.1. The van der Waals surface area contributed by atoms with Crippen LogP contribution in [0.3, 0.4) is 0 Å². The van der Waals surface area contributed by atoms with Crippen LogP contribution in [-0.4, -0.2) is 13.0 Å². The highest BCUT2D eigenvalue weighted by atomic mass is 35.5. The van der Waals surface area contributed by atoms with Crippen molar-refractivity contribution in [1.82, 2.24) is 5.32 Å². The van der Waals surface area contributed by atoms with Gasteiger partial charge in [0.25, 0.3) is 5.91 Å². The maximum absolute atomic E-state index is 12.7. The van der Waals surface area contributed by atoms with Gasteiger partial charge in [-0.15, -0.1) is 0 Å². The van der Waals surface area contributed by atoms with E-state index in [1.54, 1.807) is 12.1 Å². The Kier molecular flexibility index (Phi) is 8.12. The first-order valence-corrected chi connectivity index (χ1v) is 10.8. The summed E-state index contributed by atoms with van der Waals surface area (Å²) in [6, 6.07) is 22.6. The van der Waals surface area contributed by atoms with Crippen molar-refractivity contribution >= 4 is 23.6 Å². The van der Waals surface area contributed by atoms with Gasteiger partial charge in [-0.05, 0) is 48.7 Å². The molecule has 3 aromatic carbocycles. The molecule has 1 N–H and O–H groups in total. The molecule has 0 aliphatic heterocycles. The van der Waals surface area contributed by atoms with Crippen LogP contribution in [-0.2, 0) is 11.4 Å². The molecule has 0 heterocycles. The van der Waals surface area contributed by atoms with Gasteiger partial charge in [-0.3, -0.25) is 4.79 Å². The highest BCUT2D eigenvalue weighted by molar-refractivity contribution is 6.32. The molecule has 0 aromatic heterocycles. The van der Waals surface area contributed by atoms with E-state index in [0.717, 1.165) is 11.1 Å². The summed E-state index contributed by atoms with van der Waals surface area (Å²) in [5.41, 5.74) is 3.63. The van der Waals surface area contributed by atoms with Crippen molar-refractivity contribution in [2.75, 3.05) is 7.11 Å². The van der Waals surface area contributed by atoms with Crippen molar-refractivity contribution in [3.63, 3.8) is 0 Å². The van der Waals surface area contributed by atoms with E-state index < -0.39 is 5.91 Å². The van der Waals surface area contributed by atoms with E-state index in [9.17, 15) is 10.1 Å². The molecule has 3 rings (SSSR count). The summed E-state index contributed by atoms with van der Waals surface area (Å²) in [6.45, 7) is 4.21. The van der Waals surface area contributed by atoms with E-state index in [2.05, 4.69) is 5.32 Å². The van der Waals surface area contributed by atoms with Crippen molar-refractivity contribution in [2.45, 2.75) is 26.5 Å². The zero-order valence-corrected chi connectivity index (χ0v) is 19.5. The first kappa shape index (κ1) is 23.9. The molecule has 3 aromatic rings. The molecule has 1 amide bonds. The van der Waals surface area contributed by atoms with Crippen molar-refractivity contribution in [3.8, 4) is 17.6 Å². The number of nitriles is 1. The molecule has 168 valence electrons. The largest absolute Gasteiger partial charge is 0.493 e. The average molecular weight is 461 g/mol. The predicted octanol–water partition coefficient (Wildman–Crippen LogP) is 6.02. The van der Waals surface area contributed by atoms with Gasteiger partial charge < -0.3 is 14.8 Å². The van der Waals surface area contributed by atoms with Crippen LogP contribution >= 0.6 is 11.6 Å². The van der Waals surface area contributed by atoms with Gasteiger partial charge in [-0.1, -0.05) is 71.8 Å². The second-order valence-electron chi connectivity index (χ2n) is 7.58. The van der Waals surface area contributed by atoms with Crippen LogP contribution in [0.5, 0.6) is 11.5 Å². The number of methoxy groups -OCH3 is 1. The molecule has 6 heteroatoms. The fourth-order valence-corrected chi connectivity index (χ4v) is 3.49. The summed E-state index contributed by atoms with van der Waals surface area (Å²) in [5, 5.41) is 12.7. The molecular weight excluding hydrogens is 436 g/mol. The second-order valence-corrected chi connectivity index (χ2v) is 7.99. The number of aryl methyl sites for hydroxylation is 1. The van der Waals surface area contributed by atoms with E-state index in [1.165, 1.54) is 18.7 Å². The van der Waals surface area contributed by atoms with Gasteiger partial charge in [0.1, 0.15) is 18.2 Å². The van der Waals surface area contributed by atoms with Crippen LogP contribution in [0.15, 0.2) is 72.3 Å². The molecule has 0 radical (unpaired) electrons. The molecule has 0 saturated carbocycles. The van der Waals surface area contributed by atoms with Gasteiger partial charge in [0, 0.05) is 0 Å². The highest BCUT2D eigenvalue weighted by Crippen LogP contribution is 2.37. The Hall–Kier alpha value is -3.75. The average Bonchev–Trinajstić information content (AvgIpc) is 2.83. The summed E-state index contributed by atoms with van der Waals surface area (Å²) < 4.78 is 11.3. The zero-order chi connectivity index (χ0) is 23.8. The van der Waals surface area contributed by atoms with Crippen LogP contribution in [0.4, 0.5) is 0 Å². The third-order valence-electron chi connectivity index (χ3n) is 5.08. The van der Waals surface area contributed by atoms with Crippen molar-refractivity contribution in [3.05, 3.63) is 99.6 Å². The molecule has 0 unspecified atom stereocenters. The zero-order valence-electron chi connectivity index (χ0n) is 18.8. The number of rotatable bonds is 8. The van der Waals surface area contributed by atoms with Gasteiger partial charge in [-0.2, -0.15) is 5.26 Å². The summed E-state index contributed by atoms with van der Waals surface area (Å²) in [5.74, 6) is 0.345. The van der Waals surface area contributed by atoms with Gasteiger partial charge in [0.2, 0.25) is 0 Å². The minimum absolute atomic E-state index is 0.0378. The fourth-order valence-electron chi connectivity index (χ4n) is 3.22. The third kappa shape index (κ3) is 6.38. The number of nitrogens with zero attached hydrogens (tertiary/aromatic N) is 1. The summed E-state index contributed by atoms with van der Waals surface area (Å²) in [4.78, 5) is 12.7. The number of benzene rings is 3. The Morgan fingerprint density at radius 3 is 2.48 bits per heavy atom. The number of carbonyl (C=O) groups excluding carboxylic acids is 1. The second kappa shape index (κ2) is 11.2. The minimum Gasteiger partial charge on any atom is -0.493 e. The van der Waals surface area contributed by atoms with E-state index in [0.29, 0.717) is 28.7 Å². The molecule has 0 bridgehead atoms. The Morgan fingerprint density at radius 1 is 1.15 bits per heavy atom. The number of halogens is 1. The number of hydrogen-bond acceptors (Lipinski definition) is 4. The van der Waals surface area contributed by atoms with E-state index in [-0.39, 0.29) is 11.6 Å². The molecule has 5 nitrogen and oxygen atoms in total. The first-order valence-electron chi connectivity index (χ1n) is 10.4. The van der Waals surface area contributed by atoms with Gasteiger partial charge >= 0.3 is 0 Å². The van der Waals surface area contributed by atoms with E-state index >= 15 is 0 Å². The number of ether oxygens (including phenoxy) is 2. The Balaban J connectivity index is 1.78. The lowest BCUT2D eigenvalue weighted by Crippen LogP contribution is -2.27. The number of amides is 1. The molecule has 33 heavy (non-hydrogen) atoms. The van der Waals surface area contributed by atoms with Crippen molar-refractivity contribution in [2.24, 2.45) is 0 Å². The molecular formula is C27H25ClN2O3. The normalized spacial score (nSPS) is 11.9. The quantitative estimate of drug-likeness (QED) is 0.329. The highest BCUT2D eigenvalue weighted by Gasteiger charge is 2.16. The van der Waals surface area contributed by atoms with E-state index in [4.69, 9.17) is 21.1 Å². The third-order valence-corrected chi connectivity index (χ3v) is 5.36. The first-order chi connectivity index (χ1) is 15.9. The van der Waals surface area contributed by atoms with Crippen LogP contribution in [0.25, 0.3) is 6.08 Å². The fraction of sp³-hybridized carbons (Fsp3) is 0.185. The molecule has 0 fully saturated rings. The van der Waals surface area contributed by atoms with Crippen molar-refractivity contribution in [1.29, 1.82) is 5.26 Å². The topological polar surface area (TPSA) is 71.3 Å². The Morgan fingerprint density at radius 2 is 1.85 bits per heavy atom. The minimum atomic E-state index is -0.469. The summed E-state index contributed by atoms with van der Waals surface area (Å²) in [6.07, 6.45) is 1.48. The molecule has 0 spiro atoms. The molecule has 0 aliphatic carbocycles. The maximum atomic E-state index is 12.7. The van der Waals surface area contributed by atoms with Crippen molar-refractivity contribution < 1.29 is 14.3 Å². The van der Waals surface area contributed by atoms with Crippen LogP contribution in [0, 0.1) is 18.3 Å². The van der Waals surface area contributed by atoms with E-state index in [1.807, 2.05) is 74.5 Å². The summed E-state index contributed by atoms with van der Waals surface area (Å²) in [7, 11) is 1.51. The standard InChI is InChI=1S/C27H25ClN2O3/c1-18-9-11-20(12-10-18)17-33-26-24(28)14-21(15-25(26)32-3)13-23(16-29)27(31)30-19(2)22-7-5-4-6-8-22/h4-15,19H,17H2,1-3H3,(H,30,31)/b23-13-/t19-/m1/s1. The van der Waals surface area contributed by atoms with Gasteiger partial charge in [-0.25, -0.2) is 0 Å². The monoisotopic (exact) mass is 460 g/mol. The van der Waals surface area contributed by atoms with Gasteiger partial charge in [0.05, 0.1) is 18.2 Å².